The number of carbonyl (C=O) groups excluding carboxylic acids is 4. The number of unbranched alkanes of at least 4 members (excludes halogenated alkanes) is 1. The summed E-state index contributed by atoms with van der Waals surface area (Å²) in [7, 11) is -4.68. The molecule has 0 radical (unpaired) electrons. The van der Waals surface area contributed by atoms with Crippen LogP contribution in [0, 0.1) is 0 Å². The van der Waals surface area contributed by atoms with Crippen molar-refractivity contribution in [3.63, 3.8) is 0 Å². The summed E-state index contributed by atoms with van der Waals surface area (Å²) in [6.07, 6.45) is 5.78. The quantitative estimate of drug-likeness (QED) is 0.195. The summed E-state index contributed by atoms with van der Waals surface area (Å²) in [5, 5.41) is 5.47. The van der Waals surface area contributed by atoms with Crippen molar-refractivity contribution in [2.75, 3.05) is 4.90 Å². The summed E-state index contributed by atoms with van der Waals surface area (Å²) in [5.74, 6) is -2.08. The van der Waals surface area contributed by atoms with Gasteiger partial charge in [-0.2, -0.15) is 0 Å². The van der Waals surface area contributed by atoms with E-state index in [1.807, 2.05) is 25.1 Å². The van der Waals surface area contributed by atoms with Crippen LogP contribution in [0.1, 0.15) is 49.3 Å². The third kappa shape index (κ3) is 7.40. The predicted molar refractivity (Wildman–Crippen MR) is 150 cm³/mol. The van der Waals surface area contributed by atoms with Crippen molar-refractivity contribution in [2.24, 2.45) is 5.73 Å². The largest absolute Gasteiger partial charge is 0.524 e. The Hall–Kier alpha value is -3.99. The average molecular weight is 585 g/mol. The first-order valence-electron chi connectivity index (χ1n) is 13.3. The third-order valence-corrected chi connectivity index (χ3v) is 7.51. The molecule has 13 heteroatoms. The second-order valence-corrected chi connectivity index (χ2v) is 11.2. The molecule has 218 valence electrons. The zero-order valence-electron chi connectivity index (χ0n) is 22.5. The Morgan fingerprint density at radius 3 is 2.54 bits per heavy atom. The van der Waals surface area contributed by atoms with Gasteiger partial charge in [-0.15, -0.1) is 0 Å². The van der Waals surface area contributed by atoms with E-state index in [-0.39, 0.29) is 12.2 Å². The van der Waals surface area contributed by atoms with Crippen LogP contribution in [-0.4, -0.2) is 51.5 Å². The van der Waals surface area contributed by atoms with Gasteiger partial charge < -0.3 is 20.9 Å². The Kier molecular flexibility index (Phi) is 9.27. The molecule has 0 spiro atoms. The van der Waals surface area contributed by atoms with Crippen molar-refractivity contribution in [1.29, 1.82) is 0 Å². The molecule has 2 aliphatic heterocycles. The number of nitrogens with zero attached hydrogens (tertiary/aromatic N) is 1. The van der Waals surface area contributed by atoms with Crippen LogP contribution in [0.4, 0.5) is 5.69 Å². The van der Waals surface area contributed by atoms with E-state index in [1.165, 1.54) is 41.3 Å². The Labute approximate surface area is 237 Å². The van der Waals surface area contributed by atoms with Crippen molar-refractivity contribution >= 4 is 43.2 Å². The van der Waals surface area contributed by atoms with E-state index in [1.54, 1.807) is 0 Å². The highest BCUT2D eigenvalue weighted by molar-refractivity contribution is 7.46. The lowest BCUT2D eigenvalue weighted by Crippen LogP contribution is -2.56. The molecule has 2 aromatic rings. The number of phosphoric ester groups is 1. The molecule has 3 atom stereocenters. The minimum atomic E-state index is -4.68. The smallest absolute Gasteiger partial charge is 0.404 e. The molecule has 6 N–H and O–H groups in total. The first kappa shape index (κ1) is 30.0. The maximum Gasteiger partial charge on any atom is 0.524 e. The van der Waals surface area contributed by atoms with Crippen molar-refractivity contribution in [3.8, 4) is 5.75 Å². The fourth-order valence-electron chi connectivity index (χ4n) is 5.11. The Balaban J connectivity index is 1.48. The molecular formula is C28H33N4O8P. The number of rotatable bonds is 11. The van der Waals surface area contributed by atoms with Gasteiger partial charge in [0.15, 0.2) is 0 Å². The Bertz CT molecular complexity index is 1400. The summed E-state index contributed by atoms with van der Waals surface area (Å²) >= 11 is 0. The van der Waals surface area contributed by atoms with Gasteiger partial charge >= 0.3 is 7.82 Å². The molecule has 0 unspecified atom stereocenters. The lowest BCUT2D eigenvalue weighted by Gasteiger charge is -2.28. The molecule has 0 fully saturated rings. The summed E-state index contributed by atoms with van der Waals surface area (Å²) in [6, 6.07) is 8.75. The van der Waals surface area contributed by atoms with Crippen LogP contribution in [-0.2, 0) is 36.6 Å². The zero-order chi connectivity index (χ0) is 29.7. The van der Waals surface area contributed by atoms with E-state index in [9.17, 15) is 23.7 Å². The summed E-state index contributed by atoms with van der Waals surface area (Å²) in [5.41, 5.74) is 8.49. The van der Waals surface area contributed by atoms with Crippen molar-refractivity contribution in [1.82, 2.24) is 10.6 Å². The minimum Gasteiger partial charge on any atom is -0.404 e. The SMILES string of the molecule is CCCC[C@H](NC(=O)[C@@H]1Cc2cccc3c2N1C(=O)[C@@H](NC(=O)/C=C/c1ccc(OP(=O)(O)O)cc1)CC3)C(N)=O. The number of nitrogens with two attached hydrogens (primary N) is 1. The Morgan fingerprint density at radius 2 is 1.88 bits per heavy atom. The summed E-state index contributed by atoms with van der Waals surface area (Å²) < 4.78 is 15.5. The maximum atomic E-state index is 13.8. The fourth-order valence-corrected chi connectivity index (χ4v) is 5.50. The molecule has 4 amide bonds. The molecule has 4 rings (SSSR count). The van der Waals surface area contributed by atoms with Crippen molar-refractivity contribution in [3.05, 3.63) is 65.2 Å². The molecule has 0 aliphatic carbocycles. The minimum absolute atomic E-state index is 0.0281. The van der Waals surface area contributed by atoms with Gasteiger partial charge in [0.25, 0.3) is 0 Å². The molecule has 0 bridgehead atoms. The van der Waals surface area contributed by atoms with Gasteiger partial charge in [-0.05, 0) is 54.2 Å². The summed E-state index contributed by atoms with van der Waals surface area (Å²) in [6.45, 7) is 1.97. The van der Waals surface area contributed by atoms with Gasteiger partial charge in [-0.3, -0.25) is 33.9 Å². The van der Waals surface area contributed by atoms with Gasteiger partial charge in [0, 0.05) is 12.5 Å². The molecule has 12 nitrogen and oxygen atoms in total. The number of hydrogen-bond donors (Lipinski definition) is 5. The van der Waals surface area contributed by atoms with E-state index in [0.29, 0.717) is 36.9 Å². The zero-order valence-corrected chi connectivity index (χ0v) is 23.4. The van der Waals surface area contributed by atoms with E-state index >= 15 is 0 Å². The van der Waals surface area contributed by atoms with Gasteiger partial charge in [0.2, 0.25) is 23.6 Å². The topological polar surface area (TPSA) is 188 Å². The van der Waals surface area contributed by atoms with Crippen LogP contribution in [0.3, 0.4) is 0 Å². The van der Waals surface area contributed by atoms with Crippen LogP contribution >= 0.6 is 7.82 Å². The van der Waals surface area contributed by atoms with E-state index in [2.05, 4.69) is 15.2 Å². The number of nitrogens with one attached hydrogen (secondary N) is 2. The van der Waals surface area contributed by atoms with Gasteiger partial charge in [-0.1, -0.05) is 50.1 Å². The van der Waals surface area contributed by atoms with Crippen LogP contribution in [0.2, 0.25) is 0 Å². The number of carbonyl (C=O) groups is 4. The van der Waals surface area contributed by atoms with E-state index < -0.39 is 49.6 Å². The van der Waals surface area contributed by atoms with Crippen LogP contribution < -0.4 is 25.8 Å². The number of benzene rings is 2. The second-order valence-electron chi connectivity index (χ2n) is 10.0. The average Bonchev–Trinajstić information content (AvgIpc) is 3.25. The number of para-hydroxylation sites is 1. The van der Waals surface area contributed by atoms with Crippen molar-refractivity contribution < 1.29 is 38.1 Å². The summed E-state index contributed by atoms with van der Waals surface area (Å²) in [4.78, 5) is 71.1. The lowest BCUT2D eigenvalue weighted by molar-refractivity contribution is -0.130. The maximum absolute atomic E-state index is 13.8. The van der Waals surface area contributed by atoms with E-state index in [0.717, 1.165) is 17.5 Å². The van der Waals surface area contributed by atoms with Gasteiger partial charge in [0.05, 0.1) is 5.69 Å². The fraction of sp³-hybridized carbons (Fsp3) is 0.357. The first-order valence-corrected chi connectivity index (χ1v) is 14.9. The highest BCUT2D eigenvalue weighted by atomic mass is 31.2. The van der Waals surface area contributed by atoms with Crippen molar-refractivity contribution in [2.45, 2.75) is 63.6 Å². The second kappa shape index (κ2) is 12.7. The highest BCUT2D eigenvalue weighted by Gasteiger charge is 2.44. The number of anilines is 1. The normalized spacial score (nSPS) is 18.9. The number of hydrogen-bond acceptors (Lipinski definition) is 6. The first-order chi connectivity index (χ1) is 19.5. The number of aryl methyl sites for hydroxylation is 1. The molecule has 0 aromatic heterocycles. The van der Waals surface area contributed by atoms with Gasteiger partial charge in [-0.25, -0.2) is 4.57 Å². The monoisotopic (exact) mass is 584 g/mol. The van der Waals surface area contributed by atoms with Crippen LogP contribution in [0.15, 0.2) is 48.5 Å². The number of phosphoric acid groups is 1. The van der Waals surface area contributed by atoms with Crippen LogP contribution in [0.25, 0.3) is 6.08 Å². The Morgan fingerprint density at radius 1 is 1.17 bits per heavy atom. The lowest BCUT2D eigenvalue weighted by atomic mass is 10.0. The molecule has 0 saturated heterocycles. The number of amides is 4. The molecule has 2 aromatic carbocycles. The molecule has 2 aliphatic rings. The number of primary amides is 1. The van der Waals surface area contributed by atoms with Crippen LogP contribution in [0.5, 0.6) is 5.75 Å². The van der Waals surface area contributed by atoms with Gasteiger partial charge in [0.1, 0.15) is 23.9 Å². The standard InChI is InChI=1S/C28H33N4O8P/c1-2-3-7-21(26(29)34)31-27(35)23-16-19-6-4-5-18-11-14-22(28(36)32(23)25(18)19)30-24(33)15-10-17-8-12-20(13-9-17)40-41(37,38)39/h4-6,8-10,12-13,15,21-23H,2-3,7,11,14,16H2,1H3,(H2,29,34)(H,30,33)(H,31,35)(H2,37,38,39)/b15-10+/t21-,22-,23-/m0/s1. The molecular weight excluding hydrogens is 551 g/mol. The third-order valence-electron chi connectivity index (χ3n) is 7.06. The molecule has 2 heterocycles. The predicted octanol–water partition coefficient (Wildman–Crippen LogP) is 1.72. The highest BCUT2D eigenvalue weighted by Crippen LogP contribution is 2.39. The molecule has 41 heavy (non-hydrogen) atoms. The molecule has 0 saturated carbocycles. The van der Waals surface area contributed by atoms with E-state index in [4.69, 9.17) is 15.5 Å².